The third-order valence-corrected chi connectivity index (χ3v) is 5.60. The molecule has 0 saturated carbocycles. The number of rotatable bonds is 5. The van der Waals surface area contributed by atoms with E-state index in [2.05, 4.69) is 9.80 Å². The molecule has 0 aliphatic carbocycles. The molecule has 2 heterocycles. The van der Waals surface area contributed by atoms with Crippen molar-refractivity contribution in [2.75, 3.05) is 39.3 Å². The minimum Gasteiger partial charge on any atom is -0.492 e. The number of likely N-dealkylation sites (tertiary alicyclic amines) is 1. The number of nitrogens with zero attached hydrogens (tertiary/aromatic N) is 3. The third kappa shape index (κ3) is 5.21. The van der Waals surface area contributed by atoms with Gasteiger partial charge in [0.2, 0.25) is 0 Å². The Morgan fingerprint density at radius 1 is 1.03 bits per heavy atom. The maximum Gasteiger partial charge on any atom is 0.270 e. The quantitative estimate of drug-likeness (QED) is 0.489. The van der Waals surface area contributed by atoms with Gasteiger partial charge in [-0.15, -0.1) is 24.8 Å². The van der Waals surface area contributed by atoms with Crippen LogP contribution < -0.4 is 4.74 Å². The molecule has 1 saturated heterocycles. The molecule has 1 atom stereocenters. The Hall–Kier alpha value is -1.93. The number of benzene rings is 2. The summed E-state index contributed by atoms with van der Waals surface area (Å²) in [6, 6.07) is 10.9. The van der Waals surface area contributed by atoms with Gasteiger partial charge in [0.1, 0.15) is 18.2 Å². The molecule has 2 aromatic rings. The summed E-state index contributed by atoms with van der Waals surface area (Å²) in [6.45, 7) is 4.94. The van der Waals surface area contributed by atoms with Gasteiger partial charge in [-0.25, -0.2) is 4.39 Å². The molecule has 2 aliphatic heterocycles. The highest BCUT2D eigenvalue weighted by Crippen LogP contribution is 2.39. The van der Waals surface area contributed by atoms with E-state index in [0.29, 0.717) is 30.0 Å². The van der Waals surface area contributed by atoms with Crippen LogP contribution in [-0.2, 0) is 0 Å². The van der Waals surface area contributed by atoms with Gasteiger partial charge in [-0.05, 0) is 38.1 Å². The second-order valence-corrected chi connectivity index (χ2v) is 7.34. The molecule has 0 aromatic heterocycles. The van der Waals surface area contributed by atoms with Crippen molar-refractivity contribution in [1.29, 1.82) is 0 Å². The maximum atomic E-state index is 14.8. The summed E-state index contributed by atoms with van der Waals surface area (Å²) in [5, 5.41) is 11.3. The Labute approximate surface area is 188 Å². The van der Waals surface area contributed by atoms with Crippen molar-refractivity contribution in [2.24, 2.45) is 0 Å². The zero-order valence-corrected chi connectivity index (χ0v) is 18.2. The molecule has 164 valence electrons. The van der Waals surface area contributed by atoms with Crippen LogP contribution in [-0.4, -0.2) is 54.1 Å². The monoisotopic (exact) mass is 457 g/mol. The van der Waals surface area contributed by atoms with Gasteiger partial charge >= 0.3 is 0 Å². The van der Waals surface area contributed by atoms with E-state index in [0.717, 1.165) is 26.2 Å². The minimum atomic E-state index is -0.418. The van der Waals surface area contributed by atoms with E-state index in [4.69, 9.17) is 4.74 Å². The fraction of sp³-hybridized carbons (Fsp3) is 0.429. The molecule has 4 rings (SSSR count). The first-order valence-electron chi connectivity index (χ1n) is 9.75. The van der Waals surface area contributed by atoms with E-state index >= 15 is 0 Å². The van der Waals surface area contributed by atoms with Crippen molar-refractivity contribution in [3.8, 4) is 5.75 Å². The maximum absolute atomic E-state index is 14.8. The lowest BCUT2D eigenvalue weighted by Crippen LogP contribution is -2.38. The van der Waals surface area contributed by atoms with Crippen LogP contribution in [0, 0.1) is 15.9 Å². The van der Waals surface area contributed by atoms with E-state index < -0.39 is 11.0 Å². The van der Waals surface area contributed by atoms with Crippen LogP contribution in [0.25, 0.3) is 0 Å². The van der Waals surface area contributed by atoms with Crippen molar-refractivity contribution >= 4 is 30.5 Å². The fourth-order valence-corrected chi connectivity index (χ4v) is 4.17. The number of nitro groups is 1. The molecule has 0 bridgehead atoms. The molecule has 0 spiro atoms. The summed E-state index contributed by atoms with van der Waals surface area (Å²) >= 11 is 0. The average molecular weight is 458 g/mol. The summed E-state index contributed by atoms with van der Waals surface area (Å²) in [4.78, 5) is 15.5. The summed E-state index contributed by atoms with van der Waals surface area (Å²) < 4.78 is 20.6. The SMILES string of the molecule is Cl.Cl.O=[N+]([O-])c1ccc2c(c1)C(c1ccccc1F)N(CCN1CCCC1)CCO2. The molecule has 2 aliphatic rings. The van der Waals surface area contributed by atoms with Crippen LogP contribution in [0.4, 0.5) is 10.1 Å². The number of nitro benzene ring substituents is 1. The number of ether oxygens (including phenoxy) is 1. The molecule has 1 unspecified atom stereocenters. The van der Waals surface area contributed by atoms with Gasteiger partial charge in [-0.2, -0.15) is 0 Å². The molecule has 30 heavy (non-hydrogen) atoms. The molecule has 2 aromatic carbocycles. The highest BCUT2D eigenvalue weighted by Gasteiger charge is 2.31. The Kier molecular flexibility index (Phi) is 8.85. The van der Waals surface area contributed by atoms with Gasteiger partial charge in [0.25, 0.3) is 5.69 Å². The molecule has 1 fully saturated rings. The lowest BCUT2D eigenvalue weighted by molar-refractivity contribution is -0.385. The molecule has 9 heteroatoms. The van der Waals surface area contributed by atoms with Gasteiger partial charge in [0.05, 0.1) is 11.0 Å². The van der Waals surface area contributed by atoms with E-state index in [1.807, 2.05) is 0 Å². The first-order chi connectivity index (χ1) is 13.6. The van der Waals surface area contributed by atoms with Crippen molar-refractivity contribution in [1.82, 2.24) is 9.80 Å². The first kappa shape index (κ1) is 24.3. The van der Waals surface area contributed by atoms with E-state index in [1.54, 1.807) is 24.3 Å². The lowest BCUT2D eigenvalue weighted by Gasteiger charge is -2.32. The summed E-state index contributed by atoms with van der Waals surface area (Å²) in [5.74, 6) is 0.278. The summed E-state index contributed by atoms with van der Waals surface area (Å²) in [5.41, 5.74) is 1.17. The largest absolute Gasteiger partial charge is 0.492 e. The molecule has 0 radical (unpaired) electrons. The molecular formula is C21H26Cl2FN3O3. The van der Waals surface area contributed by atoms with E-state index in [-0.39, 0.29) is 36.3 Å². The second kappa shape index (κ2) is 10.9. The van der Waals surface area contributed by atoms with Gasteiger partial charge in [-0.1, -0.05) is 18.2 Å². The van der Waals surface area contributed by atoms with Gasteiger partial charge < -0.3 is 9.64 Å². The minimum absolute atomic E-state index is 0. The summed E-state index contributed by atoms with van der Waals surface area (Å²) in [7, 11) is 0. The van der Waals surface area contributed by atoms with Crippen molar-refractivity contribution in [3.05, 3.63) is 69.5 Å². The molecular weight excluding hydrogens is 432 g/mol. The number of fused-ring (bicyclic) bond motifs is 1. The van der Waals surface area contributed by atoms with E-state index in [1.165, 1.54) is 31.0 Å². The van der Waals surface area contributed by atoms with Crippen LogP contribution in [0.3, 0.4) is 0 Å². The molecule has 0 amide bonds. The van der Waals surface area contributed by atoms with Crippen molar-refractivity contribution in [3.63, 3.8) is 0 Å². The predicted molar refractivity (Wildman–Crippen MR) is 119 cm³/mol. The average Bonchev–Trinajstić information content (AvgIpc) is 3.14. The van der Waals surface area contributed by atoms with Crippen LogP contribution in [0.15, 0.2) is 42.5 Å². The first-order valence-corrected chi connectivity index (χ1v) is 9.75. The highest BCUT2D eigenvalue weighted by atomic mass is 35.5. The third-order valence-electron chi connectivity index (χ3n) is 5.60. The fourth-order valence-electron chi connectivity index (χ4n) is 4.17. The molecule has 6 nitrogen and oxygen atoms in total. The van der Waals surface area contributed by atoms with Crippen LogP contribution in [0.2, 0.25) is 0 Å². The number of halogens is 3. The highest BCUT2D eigenvalue weighted by molar-refractivity contribution is 5.85. The Morgan fingerprint density at radius 3 is 2.47 bits per heavy atom. The van der Waals surface area contributed by atoms with Crippen LogP contribution in [0.5, 0.6) is 5.75 Å². The lowest BCUT2D eigenvalue weighted by atomic mass is 9.95. The van der Waals surface area contributed by atoms with Crippen LogP contribution in [0.1, 0.15) is 30.0 Å². The van der Waals surface area contributed by atoms with Gasteiger partial charge in [0, 0.05) is 42.9 Å². The normalized spacial score (nSPS) is 19.0. The Morgan fingerprint density at radius 2 is 1.77 bits per heavy atom. The van der Waals surface area contributed by atoms with Gasteiger partial charge in [-0.3, -0.25) is 15.0 Å². The van der Waals surface area contributed by atoms with Crippen molar-refractivity contribution < 1.29 is 14.1 Å². The van der Waals surface area contributed by atoms with Crippen molar-refractivity contribution in [2.45, 2.75) is 18.9 Å². The number of non-ortho nitro benzene ring substituents is 1. The van der Waals surface area contributed by atoms with Crippen LogP contribution >= 0.6 is 24.8 Å². The number of hydrogen-bond acceptors (Lipinski definition) is 5. The topological polar surface area (TPSA) is 58.9 Å². The zero-order valence-electron chi connectivity index (χ0n) is 16.5. The van der Waals surface area contributed by atoms with Gasteiger partial charge in [0.15, 0.2) is 0 Å². The Balaban J connectivity index is 0.00000160. The standard InChI is InChI=1S/C21H24FN3O3.2ClH/c22-19-6-2-1-5-17(19)21-18-15-16(25(26)27)7-8-20(18)28-14-13-24(21)12-11-23-9-3-4-10-23;;/h1-2,5-8,15,21H,3-4,9-14H2;2*1H. The smallest absolute Gasteiger partial charge is 0.270 e. The zero-order chi connectivity index (χ0) is 19.5. The summed E-state index contributed by atoms with van der Waals surface area (Å²) in [6.07, 6.45) is 2.43. The molecule has 0 N–H and O–H groups in total. The van der Waals surface area contributed by atoms with E-state index in [9.17, 15) is 14.5 Å². The number of hydrogen-bond donors (Lipinski definition) is 0. The predicted octanol–water partition coefficient (Wildman–Crippen LogP) is 4.46. The second-order valence-electron chi connectivity index (χ2n) is 7.34. The Bertz CT molecular complexity index is 865.